The molecule has 2 nitrogen and oxygen atoms in total. The number of nitrogens with zero attached hydrogens (tertiary/aromatic N) is 1. The maximum atomic E-state index is 11.5. The molecule has 0 amide bonds. The highest BCUT2D eigenvalue weighted by molar-refractivity contribution is 5.95. The van der Waals surface area contributed by atoms with E-state index in [0.29, 0.717) is 6.54 Å². The summed E-state index contributed by atoms with van der Waals surface area (Å²) in [5.74, 6) is 0.210. The quantitative estimate of drug-likeness (QED) is 0.732. The molecule has 2 rings (SSSR count). The van der Waals surface area contributed by atoms with Gasteiger partial charge in [-0.2, -0.15) is 0 Å². The Balaban J connectivity index is 2.20. The van der Waals surface area contributed by atoms with Gasteiger partial charge in [0.1, 0.15) is 0 Å². The highest BCUT2D eigenvalue weighted by Gasteiger charge is 2.16. The normalized spacial score (nSPS) is 16.5. The van der Waals surface area contributed by atoms with E-state index in [1.165, 1.54) is 5.57 Å². The Labute approximate surface area is 90.2 Å². The summed E-state index contributed by atoms with van der Waals surface area (Å²) in [5, 5.41) is 0. The van der Waals surface area contributed by atoms with Crippen molar-refractivity contribution in [2.45, 2.75) is 13.3 Å². The van der Waals surface area contributed by atoms with Crippen LogP contribution in [0.5, 0.6) is 0 Å². The molecule has 0 spiro atoms. The van der Waals surface area contributed by atoms with E-state index in [1.54, 1.807) is 6.08 Å². The molecule has 1 heterocycles. The van der Waals surface area contributed by atoms with Gasteiger partial charge in [-0.1, -0.05) is 25.1 Å². The molecule has 1 aromatic rings. The van der Waals surface area contributed by atoms with Crippen LogP contribution in [-0.2, 0) is 4.79 Å². The van der Waals surface area contributed by atoms with Crippen molar-refractivity contribution in [3.05, 3.63) is 42.0 Å². The van der Waals surface area contributed by atoms with Crippen molar-refractivity contribution in [3.63, 3.8) is 0 Å². The van der Waals surface area contributed by atoms with Crippen molar-refractivity contribution < 1.29 is 4.79 Å². The van der Waals surface area contributed by atoms with Gasteiger partial charge in [0.2, 0.25) is 0 Å². The zero-order valence-electron chi connectivity index (χ0n) is 8.94. The van der Waals surface area contributed by atoms with E-state index in [2.05, 4.69) is 11.8 Å². The van der Waals surface area contributed by atoms with E-state index < -0.39 is 0 Å². The fraction of sp³-hybridized carbons (Fsp3) is 0.308. The van der Waals surface area contributed by atoms with E-state index in [-0.39, 0.29) is 5.78 Å². The van der Waals surface area contributed by atoms with Crippen LogP contribution in [0.2, 0.25) is 0 Å². The van der Waals surface area contributed by atoms with E-state index in [4.69, 9.17) is 0 Å². The molecule has 0 atom stereocenters. The molecule has 0 aromatic heterocycles. The predicted molar refractivity (Wildman–Crippen MR) is 62.0 cm³/mol. The SMILES string of the molecule is CCC1=CC(=O)CN(c2ccccc2)C1. The molecule has 15 heavy (non-hydrogen) atoms. The van der Waals surface area contributed by atoms with Crippen LogP contribution in [0.4, 0.5) is 5.69 Å². The van der Waals surface area contributed by atoms with Gasteiger partial charge in [0.25, 0.3) is 0 Å². The third-order valence-electron chi connectivity index (χ3n) is 2.68. The number of para-hydroxylation sites is 1. The number of ketones is 1. The molecule has 78 valence electrons. The zero-order valence-corrected chi connectivity index (χ0v) is 8.94. The van der Waals surface area contributed by atoms with Crippen molar-refractivity contribution in [2.75, 3.05) is 18.0 Å². The van der Waals surface area contributed by atoms with Crippen molar-refractivity contribution in [2.24, 2.45) is 0 Å². The molecule has 1 aliphatic rings. The Morgan fingerprint density at radius 1 is 1.20 bits per heavy atom. The van der Waals surface area contributed by atoms with Gasteiger partial charge in [0.15, 0.2) is 5.78 Å². The van der Waals surface area contributed by atoms with Crippen molar-refractivity contribution in [1.82, 2.24) is 0 Å². The minimum Gasteiger partial charge on any atom is -0.360 e. The second-order valence-electron chi connectivity index (χ2n) is 3.81. The fourth-order valence-electron chi connectivity index (χ4n) is 1.84. The molecule has 0 N–H and O–H groups in total. The van der Waals surface area contributed by atoms with Crippen LogP contribution in [0.1, 0.15) is 13.3 Å². The minimum atomic E-state index is 0.210. The molecular weight excluding hydrogens is 186 g/mol. The number of rotatable bonds is 2. The monoisotopic (exact) mass is 201 g/mol. The van der Waals surface area contributed by atoms with Gasteiger partial charge in [-0.3, -0.25) is 4.79 Å². The van der Waals surface area contributed by atoms with Crippen LogP contribution in [-0.4, -0.2) is 18.9 Å². The first-order valence-electron chi connectivity index (χ1n) is 5.32. The topological polar surface area (TPSA) is 20.3 Å². The Hall–Kier alpha value is -1.57. The largest absolute Gasteiger partial charge is 0.360 e. The van der Waals surface area contributed by atoms with Crippen LogP contribution >= 0.6 is 0 Å². The lowest BCUT2D eigenvalue weighted by Gasteiger charge is -2.28. The Morgan fingerprint density at radius 2 is 1.93 bits per heavy atom. The molecule has 0 saturated carbocycles. The maximum absolute atomic E-state index is 11.5. The number of anilines is 1. The Bertz CT molecular complexity index is 381. The standard InChI is InChI=1S/C13H15NO/c1-2-11-8-13(15)10-14(9-11)12-6-4-3-5-7-12/h3-8H,2,9-10H2,1H3. The van der Waals surface area contributed by atoms with Gasteiger partial charge >= 0.3 is 0 Å². The average Bonchev–Trinajstić information content (AvgIpc) is 2.29. The molecule has 1 aliphatic heterocycles. The van der Waals surface area contributed by atoms with E-state index in [1.807, 2.05) is 30.3 Å². The van der Waals surface area contributed by atoms with Gasteiger partial charge in [-0.25, -0.2) is 0 Å². The van der Waals surface area contributed by atoms with Crippen molar-refractivity contribution in [1.29, 1.82) is 0 Å². The first-order valence-corrected chi connectivity index (χ1v) is 5.32. The third kappa shape index (κ3) is 2.27. The lowest BCUT2D eigenvalue weighted by molar-refractivity contribution is -0.113. The van der Waals surface area contributed by atoms with Crippen LogP contribution in [0.3, 0.4) is 0 Å². The van der Waals surface area contributed by atoms with Gasteiger partial charge in [-0.05, 0) is 30.2 Å². The highest BCUT2D eigenvalue weighted by Crippen LogP contribution is 2.19. The lowest BCUT2D eigenvalue weighted by atomic mass is 10.1. The number of hydrogen-bond donors (Lipinski definition) is 0. The molecular formula is C13H15NO. The minimum absolute atomic E-state index is 0.210. The number of hydrogen-bond acceptors (Lipinski definition) is 2. The molecule has 0 saturated heterocycles. The molecule has 0 fully saturated rings. The van der Waals surface area contributed by atoms with Crippen LogP contribution < -0.4 is 4.90 Å². The zero-order chi connectivity index (χ0) is 10.7. The lowest BCUT2D eigenvalue weighted by Crippen LogP contribution is -2.34. The summed E-state index contributed by atoms with van der Waals surface area (Å²) in [6.07, 6.45) is 2.74. The first kappa shape index (κ1) is 9.97. The summed E-state index contributed by atoms with van der Waals surface area (Å²) in [6, 6.07) is 10.1. The van der Waals surface area contributed by atoms with Gasteiger partial charge in [0.05, 0.1) is 6.54 Å². The molecule has 0 radical (unpaired) electrons. The molecule has 1 aromatic carbocycles. The van der Waals surface area contributed by atoms with Crippen LogP contribution in [0, 0.1) is 0 Å². The third-order valence-corrected chi connectivity index (χ3v) is 2.68. The maximum Gasteiger partial charge on any atom is 0.174 e. The summed E-state index contributed by atoms with van der Waals surface area (Å²) in [5.41, 5.74) is 2.35. The number of benzene rings is 1. The van der Waals surface area contributed by atoms with E-state index in [0.717, 1.165) is 18.7 Å². The van der Waals surface area contributed by atoms with Crippen LogP contribution in [0.15, 0.2) is 42.0 Å². The van der Waals surface area contributed by atoms with Gasteiger partial charge in [-0.15, -0.1) is 0 Å². The first-order chi connectivity index (χ1) is 7.29. The molecule has 0 bridgehead atoms. The molecule has 0 aliphatic carbocycles. The number of carbonyl (C=O) groups is 1. The fourth-order valence-corrected chi connectivity index (χ4v) is 1.84. The van der Waals surface area contributed by atoms with Crippen molar-refractivity contribution >= 4 is 11.5 Å². The van der Waals surface area contributed by atoms with E-state index >= 15 is 0 Å². The summed E-state index contributed by atoms with van der Waals surface area (Å²) >= 11 is 0. The summed E-state index contributed by atoms with van der Waals surface area (Å²) < 4.78 is 0. The van der Waals surface area contributed by atoms with Gasteiger partial charge in [0, 0.05) is 12.2 Å². The predicted octanol–water partition coefficient (Wildman–Crippen LogP) is 2.41. The number of carbonyl (C=O) groups excluding carboxylic acids is 1. The van der Waals surface area contributed by atoms with E-state index in [9.17, 15) is 4.79 Å². The Kier molecular flexibility index (Phi) is 2.86. The molecule has 2 heteroatoms. The second kappa shape index (κ2) is 4.30. The summed E-state index contributed by atoms with van der Waals surface area (Å²) in [4.78, 5) is 13.6. The highest BCUT2D eigenvalue weighted by atomic mass is 16.1. The Morgan fingerprint density at radius 3 is 2.60 bits per heavy atom. The average molecular weight is 201 g/mol. The second-order valence-corrected chi connectivity index (χ2v) is 3.81. The van der Waals surface area contributed by atoms with Crippen molar-refractivity contribution in [3.8, 4) is 0 Å². The smallest absolute Gasteiger partial charge is 0.174 e. The van der Waals surface area contributed by atoms with Crippen LogP contribution in [0.25, 0.3) is 0 Å². The summed E-state index contributed by atoms with van der Waals surface area (Å²) in [7, 11) is 0. The molecule has 0 unspecified atom stereocenters. The van der Waals surface area contributed by atoms with Gasteiger partial charge < -0.3 is 4.90 Å². The summed E-state index contributed by atoms with van der Waals surface area (Å²) in [6.45, 7) is 3.48.